The summed E-state index contributed by atoms with van der Waals surface area (Å²) in [6, 6.07) is 6.40. The zero-order valence-corrected chi connectivity index (χ0v) is 6.67. The molecule has 1 nitrogen and oxygen atoms in total. The maximum atomic E-state index is 12.8. The largest absolute Gasteiger partial charge is 0.488 e. The van der Waals surface area contributed by atoms with Gasteiger partial charge in [-0.2, -0.15) is 0 Å². The summed E-state index contributed by atoms with van der Waals surface area (Å²) in [6.45, 7) is 3.74. The average molecular weight is 153 g/mol. The van der Waals surface area contributed by atoms with Crippen molar-refractivity contribution in [3.8, 4) is 5.75 Å². The zero-order valence-electron chi connectivity index (χ0n) is 6.67. The molecule has 1 aromatic rings. The van der Waals surface area contributed by atoms with Crippen LogP contribution in [-0.2, 0) is 0 Å². The fourth-order valence-corrected chi connectivity index (χ4v) is 0.794. The predicted molar refractivity (Wildman–Crippen MR) is 42.2 cm³/mol. The van der Waals surface area contributed by atoms with Crippen molar-refractivity contribution in [1.29, 1.82) is 0 Å². The van der Waals surface area contributed by atoms with E-state index in [1.54, 1.807) is 18.2 Å². The third-order valence-electron chi connectivity index (χ3n) is 1.20. The molecule has 1 rings (SSSR count). The van der Waals surface area contributed by atoms with Crippen molar-refractivity contribution in [2.45, 2.75) is 20.0 Å². The standard InChI is InChI=1S/C9H11FO/c1-7(2)11-9-6-4-3-5-8(9)10/h3-7H,1-2H3/i10-1. The Labute approximate surface area is 65.8 Å². The number of rotatable bonds is 2. The quantitative estimate of drug-likeness (QED) is 0.634. The normalized spacial score (nSPS) is 10.2. The summed E-state index contributed by atoms with van der Waals surface area (Å²) in [5, 5.41) is 0. The van der Waals surface area contributed by atoms with Crippen molar-refractivity contribution in [1.82, 2.24) is 0 Å². The highest BCUT2D eigenvalue weighted by molar-refractivity contribution is 5.23. The van der Waals surface area contributed by atoms with Gasteiger partial charge in [-0.1, -0.05) is 12.1 Å². The van der Waals surface area contributed by atoms with Crippen LogP contribution in [0.5, 0.6) is 5.75 Å². The third-order valence-corrected chi connectivity index (χ3v) is 1.20. The molecule has 0 fully saturated rings. The van der Waals surface area contributed by atoms with E-state index in [9.17, 15) is 4.39 Å². The van der Waals surface area contributed by atoms with Crippen molar-refractivity contribution in [3.63, 3.8) is 0 Å². The van der Waals surface area contributed by atoms with E-state index in [-0.39, 0.29) is 11.9 Å². The van der Waals surface area contributed by atoms with E-state index < -0.39 is 0 Å². The molecule has 0 N–H and O–H groups in total. The van der Waals surface area contributed by atoms with Crippen molar-refractivity contribution in [3.05, 3.63) is 30.1 Å². The smallest absolute Gasteiger partial charge is 0.165 e. The number of hydrogen-bond acceptors (Lipinski definition) is 1. The van der Waals surface area contributed by atoms with Crippen molar-refractivity contribution in [2.24, 2.45) is 0 Å². The third kappa shape index (κ3) is 2.22. The van der Waals surface area contributed by atoms with Crippen LogP contribution in [0.4, 0.5) is 4.39 Å². The molecule has 11 heavy (non-hydrogen) atoms. The number of hydrogen-bond donors (Lipinski definition) is 0. The van der Waals surface area contributed by atoms with E-state index in [0.717, 1.165) is 0 Å². The maximum Gasteiger partial charge on any atom is 0.165 e. The van der Waals surface area contributed by atoms with Gasteiger partial charge in [0, 0.05) is 0 Å². The molecule has 0 aliphatic carbocycles. The Morgan fingerprint density at radius 1 is 1.27 bits per heavy atom. The monoisotopic (exact) mass is 153 g/mol. The van der Waals surface area contributed by atoms with Gasteiger partial charge in [0.15, 0.2) is 11.6 Å². The van der Waals surface area contributed by atoms with E-state index in [0.29, 0.717) is 5.75 Å². The van der Waals surface area contributed by atoms with Crippen LogP contribution < -0.4 is 4.74 Å². The summed E-state index contributed by atoms with van der Waals surface area (Å²) in [7, 11) is 0. The van der Waals surface area contributed by atoms with Gasteiger partial charge in [-0.3, -0.25) is 0 Å². The lowest BCUT2D eigenvalue weighted by Gasteiger charge is -2.09. The van der Waals surface area contributed by atoms with Crippen LogP contribution in [0, 0.1) is 5.82 Å². The minimum Gasteiger partial charge on any atom is -0.488 e. The molecule has 0 heterocycles. The first-order valence-electron chi connectivity index (χ1n) is 3.61. The molecule has 0 aliphatic rings. The Morgan fingerprint density at radius 3 is 2.45 bits per heavy atom. The summed E-state index contributed by atoms with van der Waals surface area (Å²) >= 11 is 0. The lowest BCUT2D eigenvalue weighted by atomic mass is 10.3. The van der Waals surface area contributed by atoms with Crippen LogP contribution in [-0.4, -0.2) is 6.10 Å². The molecular weight excluding hydrogens is 142 g/mol. The van der Waals surface area contributed by atoms with Gasteiger partial charge in [0.1, 0.15) is 0 Å². The molecule has 0 spiro atoms. The Kier molecular flexibility index (Phi) is 2.47. The average Bonchev–Trinajstić information content (AvgIpc) is 1.93. The lowest BCUT2D eigenvalue weighted by Crippen LogP contribution is -2.06. The van der Waals surface area contributed by atoms with Crippen LogP contribution in [0.15, 0.2) is 24.3 Å². The lowest BCUT2D eigenvalue weighted by molar-refractivity contribution is 0.231. The summed E-state index contributed by atoms with van der Waals surface area (Å²) in [5.74, 6) is 0.0173. The second-order valence-corrected chi connectivity index (χ2v) is 2.60. The fourth-order valence-electron chi connectivity index (χ4n) is 0.794. The van der Waals surface area contributed by atoms with E-state index in [2.05, 4.69) is 0 Å². The Hall–Kier alpha value is -1.05. The predicted octanol–water partition coefficient (Wildman–Crippen LogP) is 2.61. The Morgan fingerprint density at radius 2 is 1.91 bits per heavy atom. The summed E-state index contributed by atoms with van der Waals surface area (Å²) in [4.78, 5) is 0. The summed E-state index contributed by atoms with van der Waals surface area (Å²) < 4.78 is 18.0. The molecule has 0 aliphatic heterocycles. The van der Waals surface area contributed by atoms with E-state index in [4.69, 9.17) is 4.74 Å². The van der Waals surface area contributed by atoms with Crippen molar-refractivity contribution >= 4 is 0 Å². The van der Waals surface area contributed by atoms with Gasteiger partial charge < -0.3 is 4.74 Å². The SMILES string of the molecule is CC(C)Oc1ccccc1[18F]. The zero-order chi connectivity index (χ0) is 8.27. The molecule has 0 saturated heterocycles. The first-order valence-corrected chi connectivity index (χ1v) is 3.61. The van der Waals surface area contributed by atoms with Gasteiger partial charge in [0.25, 0.3) is 0 Å². The second kappa shape index (κ2) is 3.37. The number of para-hydroxylation sites is 1. The van der Waals surface area contributed by atoms with Crippen LogP contribution in [0.2, 0.25) is 0 Å². The minimum atomic E-state index is -0.304. The van der Waals surface area contributed by atoms with Gasteiger partial charge in [0.2, 0.25) is 0 Å². The second-order valence-electron chi connectivity index (χ2n) is 2.60. The fraction of sp³-hybridized carbons (Fsp3) is 0.333. The van der Waals surface area contributed by atoms with Crippen LogP contribution in [0.3, 0.4) is 0 Å². The van der Waals surface area contributed by atoms with Crippen LogP contribution >= 0.6 is 0 Å². The van der Waals surface area contributed by atoms with Gasteiger partial charge in [0.05, 0.1) is 6.10 Å². The van der Waals surface area contributed by atoms with Crippen LogP contribution in [0.1, 0.15) is 13.8 Å². The molecule has 2 heteroatoms. The van der Waals surface area contributed by atoms with E-state index in [1.807, 2.05) is 13.8 Å². The molecule has 0 radical (unpaired) electrons. The molecule has 0 amide bonds. The highest BCUT2D eigenvalue weighted by Gasteiger charge is 2.01. The van der Waals surface area contributed by atoms with Gasteiger partial charge in [-0.05, 0) is 26.0 Å². The molecule has 0 atom stereocenters. The topological polar surface area (TPSA) is 9.23 Å². The van der Waals surface area contributed by atoms with Gasteiger partial charge in [-0.15, -0.1) is 0 Å². The van der Waals surface area contributed by atoms with Gasteiger partial charge >= 0.3 is 0 Å². The molecule has 60 valence electrons. The highest BCUT2D eigenvalue weighted by Crippen LogP contribution is 2.16. The Balaban J connectivity index is 2.78. The number of halogens is 1. The van der Waals surface area contributed by atoms with E-state index in [1.165, 1.54) is 6.07 Å². The molecule has 0 saturated carbocycles. The van der Waals surface area contributed by atoms with Crippen molar-refractivity contribution in [2.75, 3.05) is 0 Å². The molecule has 0 unspecified atom stereocenters. The molecular formula is C9H11FO. The summed E-state index contributed by atoms with van der Waals surface area (Å²) in [6.07, 6.45) is 0.0203. The van der Waals surface area contributed by atoms with Gasteiger partial charge in [-0.25, -0.2) is 4.39 Å². The van der Waals surface area contributed by atoms with E-state index >= 15 is 0 Å². The molecule has 0 bridgehead atoms. The highest BCUT2D eigenvalue weighted by atomic mass is 18.2. The summed E-state index contributed by atoms with van der Waals surface area (Å²) in [5.41, 5.74) is 0. The maximum absolute atomic E-state index is 12.8. The van der Waals surface area contributed by atoms with Crippen molar-refractivity contribution < 1.29 is 9.13 Å². The number of benzene rings is 1. The molecule has 1 aromatic carbocycles. The minimum absolute atomic E-state index is 0.0203. The Bertz CT molecular complexity index is 233. The first kappa shape index (κ1) is 8.05. The first-order chi connectivity index (χ1) is 5.20. The van der Waals surface area contributed by atoms with Crippen LogP contribution in [0.25, 0.3) is 0 Å². The molecule has 0 aromatic heterocycles. The number of ether oxygens (including phenoxy) is 1.